The molecule has 0 saturated carbocycles. The molecule has 3 heteroatoms. The van der Waals surface area contributed by atoms with Gasteiger partial charge in [-0.1, -0.05) is 17.2 Å². The lowest BCUT2D eigenvalue weighted by Gasteiger charge is -2.01. The Morgan fingerprint density at radius 1 is 1.20 bits per heavy atom. The fraction of sp³-hybridized carbons (Fsp3) is 0.167. The summed E-state index contributed by atoms with van der Waals surface area (Å²) >= 11 is 0. The Morgan fingerprint density at radius 3 is 2.40 bits per heavy atom. The van der Waals surface area contributed by atoms with Gasteiger partial charge in [0.05, 0.1) is 6.20 Å². The molecule has 0 bridgehead atoms. The number of aromatic nitrogens is 1. The van der Waals surface area contributed by atoms with Crippen LogP contribution in [0.3, 0.4) is 0 Å². The average molecular weight is 201 g/mol. The third kappa shape index (κ3) is 1.96. The van der Waals surface area contributed by atoms with Gasteiger partial charge < -0.3 is 4.42 Å². The summed E-state index contributed by atoms with van der Waals surface area (Å²) in [4.78, 5) is 15.7. The first-order chi connectivity index (χ1) is 7.16. The minimum Gasteiger partial charge on any atom is -0.442 e. The molecule has 0 radical (unpaired) electrons. The van der Waals surface area contributed by atoms with E-state index in [1.165, 1.54) is 12.5 Å². The zero-order valence-corrected chi connectivity index (χ0v) is 8.65. The molecule has 0 spiro atoms. The lowest BCUT2D eigenvalue weighted by molar-refractivity contribution is 0.100. The van der Waals surface area contributed by atoms with Crippen molar-refractivity contribution < 1.29 is 9.21 Å². The van der Waals surface area contributed by atoms with Crippen LogP contribution in [0.15, 0.2) is 35.1 Å². The summed E-state index contributed by atoms with van der Waals surface area (Å²) in [6.45, 7) is 3.92. The summed E-state index contributed by atoms with van der Waals surface area (Å²) in [5.41, 5.74) is 2.74. The highest BCUT2D eigenvalue weighted by Crippen LogP contribution is 2.12. The summed E-state index contributed by atoms with van der Waals surface area (Å²) in [5.74, 6) is -0.0354. The smallest absolute Gasteiger partial charge is 0.268 e. The van der Waals surface area contributed by atoms with E-state index in [0.29, 0.717) is 5.56 Å². The molecule has 0 aliphatic carbocycles. The number of carbonyl (C=O) groups is 1. The van der Waals surface area contributed by atoms with Crippen molar-refractivity contribution in [3.63, 3.8) is 0 Å². The second-order valence-electron chi connectivity index (χ2n) is 3.54. The monoisotopic (exact) mass is 201 g/mol. The molecular formula is C12H11NO2. The van der Waals surface area contributed by atoms with Gasteiger partial charge in [-0.15, -0.1) is 0 Å². The molecule has 0 N–H and O–H groups in total. The number of oxazole rings is 1. The molecule has 0 fully saturated rings. The van der Waals surface area contributed by atoms with Crippen LogP contribution in [0.4, 0.5) is 0 Å². The topological polar surface area (TPSA) is 43.1 Å². The van der Waals surface area contributed by atoms with Gasteiger partial charge in [0.2, 0.25) is 5.78 Å². The zero-order valence-electron chi connectivity index (χ0n) is 8.65. The van der Waals surface area contributed by atoms with Crippen LogP contribution in [0, 0.1) is 13.8 Å². The highest BCUT2D eigenvalue weighted by Gasteiger charge is 2.13. The van der Waals surface area contributed by atoms with Crippen molar-refractivity contribution >= 4 is 5.78 Å². The molecule has 1 aromatic carbocycles. The summed E-state index contributed by atoms with van der Waals surface area (Å²) in [5, 5.41) is 0. The van der Waals surface area contributed by atoms with Crippen LogP contribution < -0.4 is 0 Å². The van der Waals surface area contributed by atoms with Crippen LogP contribution in [0.25, 0.3) is 0 Å². The van der Waals surface area contributed by atoms with E-state index in [-0.39, 0.29) is 11.7 Å². The van der Waals surface area contributed by atoms with Crippen molar-refractivity contribution in [2.24, 2.45) is 0 Å². The Balaban J connectivity index is 2.42. The highest BCUT2D eigenvalue weighted by molar-refractivity contribution is 6.06. The highest BCUT2D eigenvalue weighted by atomic mass is 16.3. The first-order valence-corrected chi connectivity index (χ1v) is 4.69. The number of ketones is 1. The average Bonchev–Trinajstić information content (AvgIpc) is 2.67. The quantitative estimate of drug-likeness (QED) is 0.701. The van der Waals surface area contributed by atoms with Gasteiger partial charge in [0.1, 0.15) is 6.26 Å². The largest absolute Gasteiger partial charge is 0.442 e. The summed E-state index contributed by atoms with van der Waals surface area (Å²) in [7, 11) is 0. The molecule has 0 amide bonds. The number of nitrogens with zero attached hydrogens (tertiary/aromatic N) is 1. The van der Waals surface area contributed by atoms with Crippen LogP contribution in [-0.4, -0.2) is 10.8 Å². The lowest BCUT2D eigenvalue weighted by atomic mass is 10.0. The van der Waals surface area contributed by atoms with Gasteiger partial charge in [0.25, 0.3) is 5.89 Å². The second kappa shape index (κ2) is 3.69. The maximum atomic E-state index is 11.9. The van der Waals surface area contributed by atoms with Crippen LogP contribution in [-0.2, 0) is 0 Å². The number of rotatable bonds is 2. The van der Waals surface area contributed by atoms with Crippen molar-refractivity contribution in [3.8, 4) is 0 Å². The SMILES string of the molecule is Cc1cc(C)cc(C(=O)c2ncco2)c1. The van der Waals surface area contributed by atoms with Crippen molar-refractivity contribution in [1.82, 2.24) is 4.98 Å². The second-order valence-corrected chi connectivity index (χ2v) is 3.54. The minimum absolute atomic E-state index is 0.139. The van der Waals surface area contributed by atoms with E-state index in [1.807, 2.05) is 32.0 Å². The van der Waals surface area contributed by atoms with Crippen LogP contribution >= 0.6 is 0 Å². The number of aryl methyl sites for hydroxylation is 2. The first kappa shape index (κ1) is 9.65. The zero-order chi connectivity index (χ0) is 10.8. The number of benzene rings is 1. The van der Waals surface area contributed by atoms with E-state index in [0.717, 1.165) is 11.1 Å². The molecular weight excluding hydrogens is 190 g/mol. The normalized spacial score (nSPS) is 10.3. The maximum Gasteiger partial charge on any atom is 0.268 e. The van der Waals surface area contributed by atoms with Gasteiger partial charge in [-0.2, -0.15) is 0 Å². The van der Waals surface area contributed by atoms with Gasteiger partial charge >= 0.3 is 0 Å². The van der Waals surface area contributed by atoms with Gasteiger partial charge in [0.15, 0.2) is 0 Å². The summed E-state index contributed by atoms with van der Waals surface area (Å²) in [6, 6.07) is 5.69. The molecule has 2 rings (SSSR count). The van der Waals surface area contributed by atoms with E-state index >= 15 is 0 Å². The first-order valence-electron chi connectivity index (χ1n) is 4.69. The van der Waals surface area contributed by atoms with Gasteiger partial charge in [-0.3, -0.25) is 4.79 Å². The molecule has 2 aromatic rings. The fourth-order valence-electron chi connectivity index (χ4n) is 1.56. The number of hydrogen-bond donors (Lipinski definition) is 0. The molecule has 0 atom stereocenters. The third-order valence-corrected chi connectivity index (χ3v) is 2.11. The van der Waals surface area contributed by atoms with E-state index in [2.05, 4.69) is 4.98 Å². The van der Waals surface area contributed by atoms with E-state index in [4.69, 9.17) is 4.42 Å². The molecule has 0 aliphatic rings. The molecule has 1 heterocycles. The van der Waals surface area contributed by atoms with Crippen molar-refractivity contribution in [2.75, 3.05) is 0 Å². The van der Waals surface area contributed by atoms with Gasteiger partial charge in [0, 0.05) is 5.56 Å². The van der Waals surface area contributed by atoms with E-state index in [9.17, 15) is 4.79 Å². The molecule has 3 nitrogen and oxygen atoms in total. The number of carbonyl (C=O) groups excluding carboxylic acids is 1. The Morgan fingerprint density at radius 2 is 1.87 bits per heavy atom. The van der Waals surface area contributed by atoms with Crippen molar-refractivity contribution in [3.05, 3.63) is 53.2 Å². The fourth-order valence-corrected chi connectivity index (χ4v) is 1.56. The molecule has 0 saturated heterocycles. The van der Waals surface area contributed by atoms with E-state index in [1.54, 1.807) is 0 Å². The third-order valence-electron chi connectivity index (χ3n) is 2.11. The lowest BCUT2D eigenvalue weighted by Crippen LogP contribution is -2.02. The molecule has 0 aliphatic heterocycles. The van der Waals surface area contributed by atoms with Gasteiger partial charge in [-0.05, 0) is 26.0 Å². The van der Waals surface area contributed by atoms with Crippen LogP contribution in [0.1, 0.15) is 27.4 Å². The Labute approximate surface area is 87.8 Å². The summed E-state index contributed by atoms with van der Waals surface area (Å²) < 4.78 is 4.97. The molecule has 15 heavy (non-hydrogen) atoms. The van der Waals surface area contributed by atoms with Gasteiger partial charge in [-0.25, -0.2) is 4.98 Å². The summed E-state index contributed by atoms with van der Waals surface area (Å²) in [6.07, 6.45) is 2.87. The van der Waals surface area contributed by atoms with Crippen molar-refractivity contribution in [1.29, 1.82) is 0 Å². The number of hydrogen-bond acceptors (Lipinski definition) is 3. The maximum absolute atomic E-state index is 11.9. The predicted octanol–water partition coefficient (Wildman–Crippen LogP) is 2.52. The predicted molar refractivity (Wildman–Crippen MR) is 55.9 cm³/mol. The standard InChI is InChI=1S/C12H11NO2/c1-8-5-9(2)7-10(6-8)11(14)12-13-3-4-15-12/h3-7H,1-2H3. The molecule has 0 unspecified atom stereocenters. The minimum atomic E-state index is -0.174. The molecule has 76 valence electrons. The van der Waals surface area contributed by atoms with Crippen molar-refractivity contribution in [2.45, 2.75) is 13.8 Å². The van der Waals surface area contributed by atoms with Crippen LogP contribution in [0.5, 0.6) is 0 Å². The Kier molecular flexibility index (Phi) is 2.37. The Hall–Kier alpha value is -1.90. The van der Waals surface area contributed by atoms with E-state index < -0.39 is 0 Å². The molecule has 1 aromatic heterocycles. The van der Waals surface area contributed by atoms with Crippen LogP contribution in [0.2, 0.25) is 0 Å². The Bertz CT molecular complexity index is 466.